The van der Waals surface area contributed by atoms with E-state index in [2.05, 4.69) is 77.3 Å². The number of nitrogen functional groups attached to an aromatic ring is 1. The van der Waals surface area contributed by atoms with Gasteiger partial charge in [0.05, 0.1) is 82.0 Å². The van der Waals surface area contributed by atoms with E-state index in [1.165, 1.54) is 44.7 Å². The predicted octanol–water partition coefficient (Wildman–Crippen LogP) is -0.955. The third kappa shape index (κ3) is 23.3. The molecule has 6 aliphatic heterocycles. The molecule has 1 aliphatic carbocycles. The van der Waals surface area contributed by atoms with Crippen molar-refractivity contribution in [1.82, 2.24) is 82.2 Å². The predicted molar refractivity (Wildman–Crippen MR) is 535 cm³/mol. The molecule has 150 heavy (non-hydrogen) atoms. The van der Waals surface area contributed by atoms with Crippen molar-refractivity contribution in [1.29, 1.82) is 5.41 Å². The van der Waals surface area contributed by atoms with Crippen LogP contribution in [0.25, 0.3) is 22.1 Å². The lowest BCUT2D eigenvalue weighted by Gasteiger charge is -2.63. The molecule has 7 aromatic rings. The van der Waals surface area contributed by atoms with E-state index < -0.39 is 245 Å². The minimum atomic E-state index is -2.52. The first kappa shape index (κ1) is 111. The molecule has 804 valence electrons. The highest BCUT2D eigenvalue weighted by Gasteiger charge is 2.79. The van der Waals surface area contributed by atoms with E-state index in [9.17, 15) is 108 Å². The zero-order valence-corrected chi connectivity index (χ0v) is 83.8. The Morgan fingerprint density at radius 1 is 0.713 bits per heavy atom. The summed E-state index contributed by atoms with van der Waals surface area (Å²) in [5.74, 6) is -20.3. The fourth-order valence-corrected chi connectivity index (χ4v) is 23.4. The number of aromatic nitrogens is 5. The number of benzene rings is 4. The summed E-state index contributed by atoms with van der Waals surface area (Å²) in [7, 11) is 6.12. The molecule has 4 aromatic carbocycles. The number of likely N-dealkylation sites (N-methyl/N-ethyl adjacent to an activating group) is 1. The van der Waals surface area contributed by atoms with Crippen LogP contribution >= 0.6 is 11.8 Å². The molecule has 3 unspecified atom stereocenters. The van der Waals surface area contributed by atoms with Crippen LogP contribution in [0.4, 0.5) is 17.3 Å². The molecule has 1 spiro atoms. The van der Waals surface area contributed by atoms with E-state index >= 15 is 9.59 Å². The number of nitrogens with zero attached hydrogens (tertiary/aromatic N) is 7. The first-order chi connectivity index (χ1) is 71.5. The lowest BCUT2D eigenvalue weighted by molar-refractivity contribution is -0.203. The Morgan fingerprint density at radius 3 is 2.01 bits per heavy atom. The Bertz CT molecular complexity index is 6450. The van der Waals surface area contributed by atoms with Crippen LogP contribution in [0.1, 0.15) is 148 Å². The normalized spacial score (nSPS) is 23.8. The van der Waals surface area contributed by atoms with Crippen LogP contribution in [0.5, 0.6) is 11.5 Å². The molecule has 18 atom stereocenters. The van der Waals surface area contributed by atoms with Crippen LogP contribution in [-0.4, -0.2) is 346 Å². The largest absolute Gasteiger partial charge is 0.496 e. The number of imide groups is 1. The molecule has 50 nitrogen and oxygen atoms in total. The summed E-state index contributed by atoms with van der Waals surface area (Å²) in [4.78, 5) is 241. The van der Waals surface area contributed by atoms with Crippen molar-refractivity contribution in [2.24, 2.45) is 17.1 Å². The number of thioether (sulfide) groups is 1. The number of nitrogens with two attached hydrogens (primary N) is 2. The summed E-state index contributed by atoms with van der Waals surface area (Å²) in [6.45, 7) is 5.67. The highest BCUT2D eigenvalue weighted by molar-refractivity contribution is 8.00. The molecule has 24 N–H and O–H groups in total. The number of para-hydroxylation sites is 1. The van der Waals surface area contributed by atoms with E-state index in [4.69, 9.17) is 40.6 Å². The number of carboxylic acids is 5. The van der Waals surface area contributed by atoms with Crippen LogP contribution in [0.15, 0.2) is 108 Å². The van der Waals surface area contributed by atoms with Crippen molar-refractivity contribution in [3.8, 4) is 11.5 Å². The lowest BCUT2D eigenvalue weighted by atomic mass is 9.47. The van der Waals surface area contributed by atoms with Gasteiger partial charge in [0.2, 0.25) is 47.3 Å². The smallest absolute Gasteiger partial charge is 0.327 e. The minimum Gasteiger partial charge on any atom is -0.496 e. The monoisotopic (exact) mass is 2100 g/mol. The van der Waals surface area contributed by atoms with Gasteiger partial charge in [-0.1, -0.05) is 56.3 Å². The number of amides is 9. The summed E-state index contributed by atoms with van der Waals surface area (Å²) >= 11 is 0.631. The number of hydrogen-bond donors (Lipinski definition) is 22. The highest BCUT2D eigenvalue weighted by atomic mass is 32.2. The number of fused-ring (bicyclic) bond motifs is 7. The van der Waals surface area contributed by atoms with Crippen molar-refractivity contribution < 1.29 is 136 Å². The second-order valence-corrected chi connectivity index (χ2v) is 39.7. The van der Waals surface area contributed by atoms with E-state index in [-0.39, 0.29) is 86.6 Å². The van der Waals surface area contributed by atoms with Gasteiger partial charge in [0, 0.05) is 140 Å². The van der Waals surface area contributed by atoms with Crippen molar-refractivity contribution in [3.63, 3.8) is 0 Å². The molecular formula is C99H123N21O29S. The number of aliphatic hydroxyl groups is 3. The summed E-state index contributed by atoms with van der Waals surface area (Å²) in [6, 6.07) is 10.1. The average molecular weight is 2100 g/mol. The minimum absolute atomic E-state index is 0.0199. The second-order valence-electron chi connectivity index (χ2n) is 38.4. The second kappa shape index (κ2) is 46.8. The van der Waals surface area contributed by atoms with Gasteiger partial charge >= 0.3 is 35.8 Å². The number of anilines is 3. The topological polar surface area (TPSA) is 748 Å². The molecular weight excluding hydrogens is 1980 g/mol. The van der Waals surface area contributed by atoms with Crippen molar-refractivity contribution in [3.05, 3.63) is 153 Å². The molecule has 2 bridgehead atoms. The summed E-state index contributed by atoms with van der Waals surface area (Å²) in [6.07, 6.45) is -1.27. The Morgan fingerprint density at radius 2 is 1.37 bits per heavy atom. The molecule has 7 aliphatic rings. The highest BCUT2D eigenvalue weighted by Crippen LogP contribution is 2.68. The first-order valence-corrected chi connectivity index (χ1v) is 49.9. The molecule has 3 saturated heterocycles. The number of esters is 1. The number of hydrogen-bond acceptors (Lipinski definition) is 34. The Hall–Kier alpha value is -15.0. The van der Waals surface area contributed by atoms with E-state index in [1.807, 2.05) is 72.6 Å². The molecule has 51 heteroatoms. The van der Waals surface area contributed by atoms with E-state index in [0.717, 1.165) is 26.9 Å². The third-order valence-corrected chi connectivity index (χ3v) is 30.4. The summed E-state index contributed by atoms with van der Waals surface area (Å²) in [5.41, 5.74) is 8.49. The van der Waals surface area contributed by atoms with Gasteiger partial charge in [0.15, 0.2) is 29.0 Å². The fraction of sp³-hybridized carbons (Fsp3) is 0.495. The number of aliphatic hydroxyl groups excluding tert-OH is 1. The number of rotatable bonds is 48. The van der Waals surface area contributed by atoms with Crippen LogP contribution in [0, 0.1) is 16.7 Å². The van der Waals surface area contributed by atoms with Crippen molar-refractivity contribution >= 4 is 146 Å². The van der Waals surface area contributed by atoms with Crippen LogP contribution in [-0.2, 0) is 105 Å². The maximum atomic E-state index is 15.7. The molecule has 3 aromatic heterocycles. The van der Waals surface area contributed by atoms with Gasteiger partial charge in [-0.2, -0.15) is 4.98 Å². The van der Waals surface area contributed by atoms with Crippen LogP contribution in [0.3, 0.4) is 0 Å². The van der Waals surface area contributed by atoms with Crippen LogP contribution in [0.2, 0.25) is 0 Å². The third-order valence-electron chi connectivity index (χ3n) is 29.1. The number of piperidine rings is 1. The zero-order chi connectivity index (χ0) is 108. The number of likely N-dealkylation sites (tertiary alicyclic amines) is 1. The van der Waals surface area contributed by atoms with Gasteiger partial charge in [-0.15, -0.1) is 11.8 Å². The van der Waals surface area contributed by atoms with Gasteiger partial charge in [-0.25, -0.2) is 19.6 Å². The van der Waals surface area contributed by atoms with E-state index in [1.54, 1.807) is 38.4 Å². The Labute approximate surface area is 861 Å². The van der Waals surface area contributed by atoms with Gasteiger partial charge < -0.3 is 134 Å². The summed E-state index contributed by atoms with van der Waals surface area (Å²) < 4.78 is 30.4. The molecule has 1 saturated carbocycles. The molecule has 9 amide bonds. The lowest BCUT2D eigenvalue weighted by Crippen LogP contribution is -2.81. The number of nitrogens with one attached hydrogen (secondary N) is 12. The number of H-pyrrole nitrogens is 2. The van der Waals surface area contributed by atoms with Crippen LogP contribution < -0.4 is 79.3 Å². The van der Waals surface area contributed by atoms with Crippen molar-refractivity contribution in [2.45, 2.75) is 198 Å². The molecule has 14 rings (SSSR count). The Kier molecular flexibility index (Phi) is 34.5. The number of carbonyl (C=O) groups excluding carboxylic acids is 10. The van der Waals surface area contributed by atoms with Gasteiger partial charge in [0.1, 0.15) is 65.9 Å². The molecule has 4 fully saturated rings. The van der Waals surface area contributed by atoms with Gasteiger partial charge in [-0.3, -0.25) is 92.2 Å². The number of guanidine groups is 1. The quantitative estimate of drug-likeness (QED) is 0.00416. The first-order valence-electron chi connectivity index (χ1n) is 48.9. The Balaban J connectivity index is 0.564. The number of methoxy groups -OCH3 is 3. The number of aliphatic carboxylic acids is 5. The summed E-state index contributed by atoms with van der Waals surface area (Å²) in [5, 5.41) is 118. The number of ether oxygens (including phenoxy) is 5. The maximum Gasteiger partial charge on any atom is 0.327 e. The number of carboxylic acid groups (broad SMARTS) is 5. The average Bonchev–Trinajstić information content (AvgIpc) is 1.47. The molecule has 0 radical (unpaired) electrons. The van der Waals surface area contributed by atoms with Crippen molar-refractivity contribution in [2.75, 3.05) is 116 Å². The molecule has 9 heterocycles. The zero-order valence-electron chi connectivity index (χ0n) is 83.0. The number of carbonyl (C=O) groups is 15. The van der Waals surface area contributed by atoms with E-state index in [0.29, 0.717) is 116 Å². The standard InChI is InChI=1S/C99H123N21O29S/c1-7-95(143)43-50-44-98(92(142)147-6,76-57(26-32-118(47-50)49-95)56-13-9-10-14-60(56)109-76)59-37-58-67(41-68(59)145-4)117(3)89-97(58)28-33-119-31-12-27-96(8-2,88(97)119)90(140)99(89,144)91(141)103-30-35-149-87(146-5)52-18-22-55(23-19-52)148-36-34-120-71(122)42-69(84(120)135)150-48-66(86(138)139)114-82(133)65(40-74(127)128)113-81(132)64(39-73(125)126)112-79(130)61(15-11-29-104-93(100)101)110-80(131)63(38-72(123)124)108-70(121)25-24-62(85(136)137)111-78(129)51-16-20-53(21-17-51)105-45-54-46-106-77-75(107-54)83(134)116-94(102)115-77/h9-10,12-14,16-23,27,37,41,46,50,61-66,69,87-90,105,109,140,143-144H,7-8,11,15,24-26,28-36,38-40,42-45,47-49H2,1-6H3,(H,103,141)(H,108,121)(H,110,131)(H,111,129)(H,112,130)(H,113,132)(H,114,133)(H,123,124)(H,125,126)(H,127,128)(H,136,137)(H,138,139)(H4,100,101,104)(H3,102,106,115,116,134)/t50-,61+,62+,63+,64+,65+,66+,69?,87?,88+,89-,90-,95+,96-,97-,98+,99+/m1/s1. The fourth-order valence-electron chi connectivity index (χ4n) is 22.3. The van der Waals surface area contributed by atoms with Gasteiger partial charge in [0.25, 0.3) is 17.4 Å². The SMILES string of the molecule is CC[C@]1(O)C[C@H]2CN(CCc3c([nH]c4ccccc34)[C@@](C(=O)OC)(c3cc4c(cc3OC)N(C)[C@H]3[C@@](O)(C(=O)NCCOC(OC)c5ccc(OCCN6C(=O)CC(SC[C@H](NC(=O)[C@H](CC(=O)O)NC(=O)[C@H](CC(=O)O)NC(=O)[C@H](CCCNC(=N)N)NC(=O)[C@H](CC(=O)O)NC(=O)CC[C@H](NC(=O)c7ccc(NCc8cnc9nc(N)[nH]c(=O)c9n8)cc7)C(=O)O)C(=O)O)C6=O)cc5)[C@H](O)[C@]5(CC)C=CCN6CC[C@]43[C@@H]65)C2)C1. The number of aromatic amines is 2. The maximum absolute atomic E-state index is 15.7. The van der Waals surface area contributed by atoms with Gasteiger partial charge in [-0.05, 0) is 130 Å².